The first-order valence-corrected chi connectivity index (χ1v) is 14.4. The van der Waals surface area contributed by atoms with Gasteiger partial charge in [-0.2, -0.15) is 0 Å². The zero-order valence-corrected chi connectivity index (χ0v) is 23.5. The number of aromatic nitrogens is 2. The van der Waals surface area contributed by atoms with Gasteiger partial charge in [0.2, 0.25) is 0 Å². The molecule has 4 rings (SSSR count). The highest BCUT2D eigenvalue weighted by atomic mass is 35.5. The normalized spacial score (nSPS) is 12.2. The summed E-state index contributed by atoms with van der Waals surface area (Å²) in [6, 6.07) is 11.9. The van der Waals surface area contributed by atoms with Crippen molar-refractivity contribution in [2.45, 2.75) is 44.1 Å². The molecular formula is C28H26Cl2F2N2O3S. The Kier molecular flexibility index (Phi) is 7.74. The zero-order chi connectivity index (χ0) is 28.0. The van der Waals surface area contributed by atoms with Gasteiger partial charge < -0.3 is 9.67 Å². The Balaban J connectivity index is 1.84. The van der Waals surface area contributed by atoms with E-state index < -0.39 is 27.1 Å². The molecule has 0 unspecified atom stereocenters. The first kappa shape index (κ1) is 28.2. The van der Waals surface area contributed by atoms with Gasteiger partial charge in [0, 0.05) is 34.5 Å². The molecule has 0 fully saturated rings. The number of imidazole rings is 1. The molecule has 0 saturated carbocycles. The summed E-state index contributed by atoms with van der Waals surface area (Å²) in [5.74, 6) is -0.936. The summed E-state index contributed by atoms with van der Waals surface area (Å²) < 4.78 is 56.5. The van der Waals surface area contributed by atoms with Crippen molar-refractivity contribution in [1.82, 2.24) is 9.55 Å². The van der Waals surface area contributed by atoms with Crippen LogP contribution >= 0.6 is 23.2 Å². The van der Waals surface area contributed by atoms with Crippen molar-refractivity contribution in [2.24, 2.45) is 0 Å². The van der Waals surface area contributed by atoms with Crippen LogP contribution in [0.3, 0.4) is 0 Å². The van der Waals surface area contributed by atoms with Gasteiger partial charge in [0.05, 0.1) is 16.3 Å². The monoisotopic (exact) mass is 578 g/mol. The molecule has 200 valence electrons. The Labute approximate surface area is 230 Å². The molecular weight excluding hydrogens is 553 g/mol. The van der Waals surface area contributed by atoms with Gasteiger partial charge >= 0.3 is 0 Å². The number of benzene rings is 3. The average molecular weight is 579 g/mol. The van der Waals surface area contributed by atoms with Crippen LogP contribution in [0.15, 0.2) is 59.6 Å². The Hall–Kier alpha value is -2.78. The summed E-state index contributed by atoms with van der Waals surface area (Å²) in [5, 5.41) is 11.4. The Morgan fingerprint density at radius 1 is 0.974 bits per heavy atom. The number of hydrogen-bond donors (Lipinski definition) is 1. The van der Waals surface area contributed by atoms with Crippen molar-refractivity contribution in [3.63, 3.8) is 0 Å². The van der Waals surface area contributed by atoms with Crippen molar-refractivity contribution in [1.29, 1.82) is 0 Å². The largest absolute Gasteiger partial charge is 0.384 e. The maximum absolute atomic E-state index is 15.6. The second kappa shape index (κ2) is 10.4. The van der Waals surface area contributed by atoms with Crippen molar-refractivity contribution < 1.29 is 22.3 Å². The van der Waals surface area contributed by atoms with E-state index in [1.54, 1.807) is 45.0 Å². The number of halogens is 4. The molecule has 1 aromatic heterocycles. The number of aliphatic hydroxyl groups is 1. The predicted molar refractivity (Wildman–Crippen MR) is 146 cm³/mol. The topological polar surface area (TPSA) is 72.2 Å². The lowest BCUT2D eigenvalue weighted by Crippen LogP contribution is -2.16. The van der Waals surface area contributed by atoms with Gasteiger partial charge in [-0.05, 0) is 73.4 Å². The second-order valence-corrected chi connectivity index (χ2v) is 12.4. The maximum atomic E-state index is 15.6. The Morgan fingerprint density at radius 3 is 2.16 bits per heavy atom. The molecule has 0 amide bonds. The summed E-state index contributed by atoms with van der Waals surface area (Å²) in [7, 11) is -3.70. The third-order valence-electron chi connectivity index (χ3n) is 6.25. The van der Waals surface area contributed by atoms with E-state index in [2.05, 4.69) is 4.98 Å². The van der Waals surface area contributed by atoms with E-state index in [9.17, 15) is 17.9 Å². The summed E-state index contributed by atoms with van der Waals surface area (Å²) >= 11 is 12.7. The lowest BCUT2D eigenvalue weighted by molar-refractivity contribution is 0.0741. The van der Waals surface area contributed by atoms with Crippen LogP contribution in [0.25, 0.3) is 16.8 Å². The van der Waals surface area contributed by atoms with Crippen molar-refractivity contribution in [2.75, 3.05) is 6.26 Å². The van der Waals surface area contributed by atoms with E-state index >= 15 is 4.39 Å². The van der Waals surface area contributed by atoms with E-state index in [0.29, 0.717) is 32.7 Å². The van der Waals surface area contributed by atoms with Gasteiger partial charge in [-0.25, -0.2) is 22.2 Å². The molecule has 0 atom stereocenters. The number of nitrogens with zero attached hydrogens (tertiary/aromatic N) is 2. The van der Waals surface area contributed by atoms with Gasteiger partial charge in [-0.15, -0.1) is 0 Å². The van der Waals surface area contributed by atoms with Crippen LogP contribution in [-0.4, -0.2) is 29.3 Å². The molecule has 0 saturated heterocycles. The highest BCUT2D eigenvalue weighted by molar-refractivity contribution is 7.90. The summed E-state index contributed by atoms with van der Waals surface area (Å²) in [4.78, 5) is 4.42. The maximum Gasteiger partial charge on any atom is 0.175 e. The average Bonchev–Trinajstić information content (AvgIpc) is 3.24. The number of sulfone groups is 1. The SMILES string of the molecule is CCc1c(F)cc(-c2ccc(-n3cc(C(C)(C)O)nc3Cc3c(Cl)cccc3Cl)c(F)c2)cc1S(C)(=O)=O. The fourth-order valence-electron chi connectivity index (χ4n) is 4.24. The standard InChI is InChI=1S/C28H26Cl2F2N2O3S/c1-5-18-22(31)12-17(13-25(18)38(4,36)37)16-9-10-24(23(32)11-16)34-15-26(28(2,3)35)33-27(34)14-19-20(29)7-6-8-21(19)30/h6-13,15,35H,5,14H2,1-4H3. The van der Waals surface area contributed by atoms with Crippen LogP contribution in [0.5, 0.6) is 0 Å². The van der Waals surface area contributed by atoms with Gasteiger partial charge in [0.1, 0.15) is 23.1 Å². The van der Waals surface area contributed by atoms with Crippen LogP contribution in [0.1, 0.15) is 43.4 Å². The minimum Gasteiger partial charge on any atom is -0.384 e. The lowest BCUT2D eigenvalue weighted by Gasteiger charge is -2.14. The molecule has 5 nitrogen and oxygen atoms in total. The molecule has 0 bridgehead atoms. The fraction of sp³-hybridized carbons (Fsp3) is 0.250. The van der Waals surface area contributed by atoms with Gasteiger partial charge in [-0.1, -0.05) is 42.3 Å². The summed E-state index contributed by atoms with van der Waals surface area (Å²) in [5.41, 5.74) is 0.364. The van der Waals surface area contributed by atoms with E-state index in [0.717, 1.165) is 6.26 Å². The predicted octanol–water partition coefficient (Wildman–Crippen LogP) is 6.91. The molecule has 0 aliphatic rings. The highest BCUT2D eigenvalue weighted by Crippen LogP contribution is 2.33. The van der Waals surface area contributed by atoms with Crippen LogP contribution in [-0.2, 0) is 28.3 Å². The first-order chi connectivity index (χ1) is 17.7. The molecule has 0 radical (unpaired) electrons. The van der Waals surface area contributed by atoms with Crippen LogP contribution in [0.2, 0.25) is 10.0 Å². The van der Waals surface area contributed by atoms with Gasteiger partial charge in [-0.3, -0.25) is 0 Å². The molecule has 3 aromatic carbocycles. The van der Waals surface area contributed by atoms with Gasteiger partial charge in [0.15, 0.2) is 9.84 Å². The van der Waals surface area contributed by atoms with Crippen molar-refractivity contribution >= 4 is 33.0 Å². The quantitative estimate of drug-likeness (QED) is 0.258. The second-order valence-electron chi connectivity index (χ2n) is 9.58. The molecule has 1 N–H and O–H groups in total. The summed E-state index contributed by atoms with van der Waals surface area (Å²) in [6.45, 7) is 4.81. The minimum absolute atomic E-state index is 0.0915. The smallest absolute Gasteiger partial charge is 0.175 e. The Bertz CT molecular complexity index is 1620. The Morgan fingerprint density at radius 2 is 1.61 bits per heavy atom. The third-order valence-corrected chi connectivity index (χ3v) is 8.12. The van der Waals surface area contributed by atoms with Crippen LogP contribution < -0.4 is 0 Å². The minimum atomic E-state index is -3.70. The van der Waals surface area contributed by atoms with Crippen LogP contribution in [0, 0.1) is 11.6 Å². The number of hydrogen-bond acceptors (Lipinski definition) is 4. The molecule has 0 aliphatic heterocycles. The van der Waals surface area contributed by atoms with Crippen molar-refractivity contribution in [3.05, 3.63) is 99.1 Å². The first-order valence-electron chi connectivity index (χ1n) is 11.8. The molecule has 0 aliphatic carbocycles. The zero-order valence-electron chi connectivity index (χ0n) is 21.2. The molecule has 38 heavy (non-hydrogen) atoms. The van der Waals surface area contributed by atoms with Gasteiger partial charge in [0.25, 0.3) is 0 Å². The van der Waals surface area contributed by atoms with E-state index in [-0.39, 0.29) is 34.6 Å². The van der Waals surface area contributed by atoms with Crippen molar-refractivity contribution in [3.8, 4) is 16.8 Å². The van der Waals surface area contributed by atoms with E-state index in [1.807, 2.05) is 0 Å². The molecule has 1 heterocycles. The number of rotatable bonds is 7. The summed E-state index contributed by atoms with van der Waals surface area (Å²) in [6.07, 6.45) is 2.91. The van der Waals surface area contributed by atoms with Crippen LogP contribution in [0.4, 0.5) is 8.78 Å². The fourth-order valence-corrected chi connectivity index (χ4v) is 5.80. The lowest BCUT2D eigenvalue weighted by atomic mass is 10.0. The van der Waals surface area contributed by atoms with E-state index in [4.69, 9.17) is 23.2 Å². The molecule has 4 aromatic rings. The molecule has 0 spiro atoms. The van der Waals surface area contributed by atoms with E-state index in [1.165, 1.54) is 35.0 Å². The third kappa shape index (κ3) is 5.64. The highest BCUT2D eigenvalue weighted by Gasteiger charge is 2.25. The molecule has 10 heteroatoms.